The maximum absolute atomic E-state index is 13.2. The second-order valence-corrected chi connectivity index (χ2v) is 9.49. The zero-order valence-corrected chi connectivity index (χ0v) is 20.2. The van der Waals surface area contributed by atoms with E-state index in [2.05, 4.69) is 57.4 Å². The van der Waals surface area contributed by atoms with E-state index in [9.17, 15) is 4.79 Å². The smallest absolute Gasteiger partial charge is 0.225 e. The van der Waals surface area contributed by atoms with Crippen molar-refractivity contribution in [2.75, 3.05) is 57.0 Å². The number of nitrogens with zero attached hydrogens (tertiary/aromatic N) is 3. The Bertz CT molecular complexity index is 873. The maximum atomic E-state index is 13.2. The van der Waals surface area contributed by atoms with E-state index >= 15 is 0 Å². The molecule has 2 aliphatic rings. The quantitative estimate of drug-likeness (QED) is 0.582. The van der Waals surface area contributed by atoms with Crippen molar-refractivity contribution < 1.29 is 9.53 Å². The van der Waals surface area contributed by atoms with Crippen LogP contribution in [0.2, 0.25) is 0 Å². The predicted molar refractivity (Wildman–Crippen MR) is 133 cm³/mol. The molecule has 172 valence electrons. The van der Waals surface area contributed by atoms with Gasteiger partial charge in [0.15, 0.2) is 0 Å². The minimum absolute atomic E-state index is 0.173. The number of carbonyl (C=O) groups excluding carboxylic acids is 1. The average Bonchev–Trinajstić information content (AvgIpc) is 2.85. The number of likely N-dealkylation sites (tertiary alicyclic amines) is 1. The van der Waals surface area contributed by atoms with Crippen LogP contribution in [0.1, 0.15) is 25.3 Å². The third-order valence-electron chi connectivity index (χ3n) is 6.60. The summed E-state index contributed by atoms with van der Waals surface area (Å²) in [5.74, 6) is 1.46. The molecule has 2 fully saturated rings. The third kappa shape index (κ3) is 5.59. The van der Waals surface area contributed by atoms with Crippen LogP contribution in [0, 0.1) is 5.92 Å². The Morgan fingerprint density at radius 3 is 2.31 bits per heavy atom. The first kappa shape index (κ1) is 23.0. The first-order valence-corrected chi connectivity index (χ1v) is 13.0. The van der Waals surface area contributed by atoms with Crippen molar-refractivity contribution in [2.45, 2.75) is 31.2 Å². The molecular weight excluding hydrogens is 418 g/mol. The molecular formula is C26H35N3O2S. The molecule has 0 aliphatic carbocycles. The van der Waals surface area contributed by atoms with Crippen molar-refractivity contribution in [3.63, 3.8) is 0 Å². The Hall–Kier alpha value is -2.18. The summed E-state index contributed by atoms with van der Waals surface area (Å²) in [6.07, 6.45) is 4.04. The summed E-state index contributed by atoms with van der Waals surface area (Å²) in [5, 5.41) is 0. The fourth-order valence-corrected chi connectivity index (χ4v) is 5.16. The zero-order chi connectivity index (χ0) is 22.3. The van der Waals surface area contributed by atoms with Crippen molar-refractivity contribution in [3.05, 3.63) is 54.1 Å². The molecule has 0 bridgehead atoms. The van der Waals surface area contributed by atoms with Gasteiger partial charge < -0.3 is 14.5 Å². The lowest BCUT2D eigenvalue weighted by molar-refractivity contribution is -0.137. The molecule has 1 amide bonds. The average molecular weight is 454 g/mol. The molecule has 0 atom stereocenters. The number of thioether (sulfide) groups is 1. The van der Waals surface area contributed by atoms with Crippen molar-refractivity contribution in [3.8, 4) is 5.75 Å². The van der Waals surface area contributed by atoms with E-state index in [1.165, 1.54) is 10.5 Å². The molecule has 2 heterocycles. The van der Waals surface area contributed by atoms with Crippen LogP contribution >= 0.6 is 11.8 Å². The lowest BCUT2D eigenvalue weighted by atomic mass is 9.94. The van der Waals surface area contributed by atoms with Gasteiger partial charge in [-0.3, -0.25) is 9.69 Å². The van der Waals surface area contributed by atoms with E-state index in [4.69, 9.17) is 4.74 Å². The molecule has 0 spiro atoms. The van der Waals surface area contributed by atoms with Crippen molar-refractivity contribution in [1.82, 2.24) is 9.80 Å². The van der Waals surface area contributed by atoms with E-state index in [1.807, 2.05) is 19.1 Å². The molecule has 0 radical (unpaired) electrons. The van der Waals surface area contributed by atoms with E-state index in [1.54, 1.807) is 11.8 Å². The highest BCUT2D eigenvalue weighted by atomic mass is 32.2. The number of carbonyl (C=O) groups is 1. The van der Waals surface area contributed by atoms with Gasteiger partial charge in [-0.05, 0) is 68.9 Å². The summed E-state index contributed by atoms with van der Waals surface area (Å²) in [6.45, 7) is 8.97. The number of piperidine rings is 1. The van der Waals surface area contributed by atoms with E-state index in [0.29, 0.717) is 12.5 Å². The molecule has 0 unspecified atom stereocenters. The first-order valence-electron chi connectivity index (χ1n) is 11.8. The normalized spacial score (nSPS) is 18.1. The highest BCUT2D eigenvalue weighted by molar-refractivity contribution is 7.98. The molecule has 6 heteroatoms. The standard InChI is InChI=1S/C26H35N3O2S/c1-3-31-25-7-5-4-6-24(25)28-16-18-29(19-17-28)26(30)22-12-14-27(15-13-22)20-21-8-10-23(32-2)11-9-21/h4-11,22H,3,12-20H2,1-2H3. The maximum Gasteiger partial charge on any atom is 0.225 e. The van der Waals surface area contributed by atoms with E-state index in [0.717, 1.165) is 70.1 Å². The fourth-order valence-electron chi connectivity index (χ4n) is 4.75. The van der Waals surface area contributed by atoms with Crippen LogP contribution < -0.4 is 9.64 Å². The topological polar surface area (TPSA) is 36.0 Å². The molecule has 0 saturated carbocycles. The molecule has 2 aromatic rings. The number of para-hydroxylation sites is 2. The summed E-state index contributed by atoms with van der Waals surface area (Å²) >= 11 is 1.78. The van der Waals surface area contributed by atoms with Crippen molar-refractivity contribution >= 4 is 23.4 Å². The van der Waals surface area contributed by atoms with Crippen LogP contribution in [-0.4, -0.2) is 67.8 Å². The van der Waals surface area contributed by atoms with Gasteiger partial charge in [-0.15, -0.1) is 11.8 Å². The largest absolute Gasteiger partial charge is 0.492 e. The molecule has 4 rings (SSSR count). The summed E-state index contributed by atoms with van der Waals surface area (Å²) in [7, 11) is 0. The molecule has 32 heavy (non-hydrogen) atoms. The van der Waals surface area contributed by atoms with Crippen LogP contribution in [0.5, 0.6) is 5.75 Å². The Labute approximate surface area is 196 Å². The second-order valence-electron chi connectivity index (χ2n) is 8.61. The van der Waals surface area contributed by atoms with Gasteiger partial charge >= 0.3 is 0 Å². The predicted octanol–water partition coefficient (Wildman–Crippen LogP) is 4.37. The van der Waals surface area contributed by atoms with Crippen LogP contribution in [-0.2, 0) is 11.3 Å². The fraction of sp³-hybridized carbons (Fsp3) is 0.500. The van der Waals surface area contributed by atoms with E-state index in [-0.39, 0.29) is 5.92 Å². The van der Waals surface area contributed by atoms with Crippen molar-refractivity contribution in [2.24, 2.45) is 5.92 Å². The van der Waals surface area contributed by atoms with Gasteiger partial charge in [0.2, 0.25) is 5.91 Å². The Morgan fingerprint density at radius 1 is 0.969 bits per heavy atom. The zero-order valence-electron chi connectivity index (χ0n) is 19.3. The molecule has 0 N–H and O–H groups in total. The van der Waals surface area contributed by atoms with Crippen LogP contribution in [0.25, 0.3) is 0 Å². The second kappa shape index (κ2) is 11.1. The number of amides is 1. The van der Waals surface area contributed by atoms with E-state index < -0.39 is 0 Å². The number of anilines is 1. The number of hydrogen-bond acceptors (Lipinski definition) is 5. The number of benzene rings is 2. The Morgan fingerprint density at radius 2 is 1.66 bits per heavy atom. The molecule has 2 aromatic carbocycles. The highest BCUT2D eigenvalue weighted by Crippen LogP contribution is 2.29. The van der Waals surface area contributed by atoms with Gasteiger partial charge in [0.25, 0.3) is 0 Å². The monoisotopic (exact) mass is 453 g/mol. The van der Waals surface area contributed by atoms with Gasteiger partial charge in [0.05, 0.1) is 12.3 Å². The molecule has 0 aromatic heterocycles. The SMILES string of the molecule is CCOc1ccccc1N1CCN(C(=O)C2CCN(Cc3ccc(SC)cc3)CC2)CC1. The summed E-state index contributed by atoms with van der Waals surface area (Å²) in [4.78, 5) is 21.4. The first-order chi connectivity index (χ1) is 15.7. The van der Waals surface area contributed by atoms with Crippen LogP contribution in [0.3, 0.4) is 0 Å². The molecule has 2 aliphatic heterocycles. The Balaban J connectivity index is 1.24. The van der Waals surface area contributed by atoms with Gasteiger partial charge in [-0.1, -0.05) is 24.3 Å². The lowest BCUT2D eigenvalue weighted by Gasteiger charge is -2.39. The van der Waals surface area contributed by atoms with Crippen LogP contribution in [0.4, 0.5) is 5.69 Å². The number of ether oxygens (including phenoxy) is 1. The minimum atomic E-state index is 0.173. The number of hydrogen-bond donors (Lipinski definition) is 0. The number of piperazine rings is 1. The summed E-state index contributed by atoms with van der Waals surface area (Å²) in [5.41, 5.74) is 2.50. The van der Waals surface area contributed by atoms with Crippen molar-refractivity contribution in [1.29, 1.82) is 0 Å². The molecule has 5 nitrogen and oxygen atoms in total. The summed E-state index contributed by atoms with van der Waals surface area (Å²) in [6, 6.07) is 17.1. The minimum Gasteiger partial charge on any atom is -0.492 e. The highest BCUT2D eigenvalue weighted by Gasteiger charge is 2.30. The summed E-state index contributed by atoms with van der Waals surface area (Å²) < 4.78 is 5.80. The third-order valence-corrected chi connectivity index (χ3v) is 7.34. The molecule has 2 saturated heterocycles. The van der Waals surface area contributed by atoms with Gasteiger partial charge in [0.1, 0.15) is 5.75 Å². The van der Waals surface area contributed by atoms with Gasteiger partial charge in [-0.25, -0.2) is 0 Å². The van der Waals surface area contributed by atoms with Crippen LogP contribution in [0.15, 0.2) is 53.4 Å². The Kier molecular flexibility index (Phi) is 7.98. The number of rotatable bonds is 7. The van der Waals surface area contributed by atoms with Gasteiger partial charge in [0, 0.05) is 43.5 Å². The van der Waals surface area contributed by atoms with Gasteiger partial charge in [-0.2, -0.15) is 0 Å². The lowest BCUT2D eigenvalue weighted by Crippen LogP contribution is -2.51.